The molecule has 0 aliphatic carbocycles. The van der Waals surface area contributed by atoms with Gasteiger partial charge in [0.05, 0.1) is 28.8 Å². The van der Waals surface area contributed by atoms with Crippen LogP contribution in [0.3, 0.4) is 0 Å². The van der Waals surface area contributed by atoms with Crippen LogP contribution in [-0.4, -0.2) is 16.9 Å². The summed E-state index contributed by atoms with van der Waals surface area (Å²) in [6.07, 6.45) is 8.06. The first kappa shape index (κ1) is 46.4. The maximum atomic E-state index is 14.3. The Balaban J connectivity index is 0.00000339. The van der Waals surface area contributed by atoms with Gasteiger partial charge in [0.15, 0.2) is 0 Å². The molecular formula is C44H56F3N2O3P. The summed E-state index contributed by atoms with van der Waals surface area (Å²) in [5, 5.41) is 22.3. The van der Waals surface area contributed by atoms with Gasteiger partial charge in [-0.15, -0.1) is 0 Å². The van der Waals surface area contributed by atoms with E-state index in [-0.39, 0.29) is 28.2 Å². The maximum absolute atomic E-state index is 14.3. The summed E-state index contributed by atoms with van der Waals surface area (Å²) < 4.78 is 49.5. The minimum Gasteiger partial charge on any atom is -0.478 e. The van der Waals surface area contributed by atoms with Gasteiger partial charge in [-0.1, -0.05) is 98.7 Å². The van der Waals surface area contributed by atoms with Crippen LogP contribution >= 0.6 is 8.20 Å². The van der Waals surface area contributed by atoms with Crippen LogP contribution in [-0.2, 0) is 11.0 Å². The highest BCUT2D eigenvalue weighted by Gasteiger charge is 2.35. The van der Waals surface area contributed by atoms with Gasteiger partial charge in [0.25, 0.3) is 0 Å². The minimum atomic E-state index is -4.62. The number of fused-ring (bicyclic) bond motifs is 1. The van der Waals surface area contributed by atoms with Crippen molar-refractivity contribution in [2.45, 2.75) is 113 Å². The molecule has 286 valence electrons. The molecule has 53 heavy (non-hydrogen) atoms. The van der Waals surface area contributed by atoms with Gasteiger partial charge in [-0.3, -0.25) is 0 Å². The average molecular weight is 749 g/mol. The molecule has 5 nitrogen and oxygen atoms in total. The zero-order valence-corrected chi connectivity index (χ0v) is 34.0. The molecule has 0 radical (unpaired) electrons. The van der Waals surface area contributed by atoms with Crippen molar-refractivity contribution in [1.29, 1.82) is 5.26 Å². The molecular weight excluding hydrogens is 692 g/mol. The van der Waals surface area contributed by atoms with Crippen molar-refractivity contribution in [3.63, 3.8) is 0 Å². The van der Waals surface area contributed by atoms with Gasteiger partial charge in [-0.25, -0.2) is 4.79 Å². The fraction of sp³-hybridized carbons (Fsp3) is 0.386. The molecule has 0 fully saturated rings. The molecule has 2 atom stereocenters. The highest BCUT2D eigenvalue weighted by atomic mass is 31.1. The molecule has 3 rings (SSSR count). The SMILES string of the molecule is C/C=C(\C=P[C@H](CC)c1ccc(C#N)cc1)C1=C/C(=C/CC)c2cc(C(F)(F)F)cc(C(C)NC(=C/C=C(\C)CC)/C(=C/C)C(=O)O)c2O1.CC.CC. The topological polar surface area (TPSA) is 82.4 Å². The number of carboxylic acid groups (broad SMARTS) is 1. The normalized spacial score (nSPS) is 15.5. The summed E-state index contributed by atoms with van der Waals surface area (Å²) in [5.41, 5.74) is 4.27. The molecule has 1 aliphatic rings. The van der Waals surface area contributed by atoms with E-state index in [1.807, 2.05) is 85.5 Å². The van der Waals surface area contributed by atoms with Crippen LogP contribution in [0.5, 0.6) is 5.75 Å². The number of aliphatic carboxylic acids is 1. The van der Waals surface area contributed by atoms with Gasteiger partial charge in [-0.2, -0.15) is 18.4 Å². The number of allylic oxidation sites excluding steroid dienone is 9. The van der Waals surface area contributed by atoms with Crippen molar-refractivity contribution in [3.05, 3.63) is 129 Å². The van der Waals surface area contributed by atoms with Crippen LogP contribution in [0.4, 0.5) is 13.2 Å². The van der Waals surface area contributed by atoms with Gasteiger partial charge < -0.3 is 15.2 Å². The van der Waals surface area contributed by atoms with E-state index >= 15 is 0 Å². The van der Waals surface area contributed by atoms with Gasteiger partial charge >= 0.3 is 12.1 Å². The first-order chi connectivity index (χ1) is 25.3. The number of ether oxygens (including phenoxy) is 1. The minimum absolute atomic E-state index is 0.00142. The van der Waals surface area contributed by atoms with Crippen LogP contribution in [0.15, 0.2) is 101 Å². The number of carbonyl (C=O) groups is 1. The number of hydrogen-bond donors (Lipinski definition) is 2. The third-order valence-electron chi connectivity index (χ3n) is 8.22. The van der Waals surface area contributed by atoms with Crippen molar-refractivity contribution in [1.82, 2.24) is 5.32 Å². The quantitative estimate of drug-likeness (QED) is 0.121. The molecule has 1 unspecified atom stereocenters. The lowest BCUT2D eigenvalue weighted by Crippen LogP contribution is -2.24. The molecule has 2 aromatic carbocycles. The predicted molar refractivity (Wildman–Crippen MR) is 217 cm³/mol. The Hall–Kier alpha value is -4.60. The number of nitrogens with one attached hydrogen (secondary N) is 1. The Morgan fingerprint density at radius 3 is 2.17 bits per heavy atom. The summed E-state index contributed by atoms with van der Waals surface area (Å²) >= 11 is 0. The molecule has 1 heterocycles. The summed E-state index contributed by atoms with van der Waals surface area (Å²) in [5.74, 6) is 1.68. The Bertz CT molecular complexity index is 1790. The number of nitrogens with zero attached hydrogens (tertiary/aromatic N) is 1. The number of rotatable bonds is 13. The largest absolute Gasteiger partial charge is 0.478 e. The van der Waals surface area contributed by atoms with Crippen molar-refractivity contribution in [3.8, 4) is 11.8 Å². The van der Waals surface area contributed by atoms with E-state index in [2.05, 4.69) is 18.3 Å². The Morgan fingerprint density at radius 1 is 1.04 bits per heavy atom. The Morgan fingerprint density at radius 2 is 1.68 bits per heavy atom. The van der Waals surface area contributed by atoms with E-state index in [9.17, 15) is 28.3 Å². The summed E-state index contributed by atoms with van der Waals surface area (Å²) in [4.78, 5) is 12.2. The number of nitriles is 1. The molecule has 0 saturated heterocycles. The van der Waals surface area contributed by atoms with E-state index in [1.54, 1.807) is 44.2 Å². The average Bonchev–Trinajstić information content (AvgIpc) is 3.16. The van der Waals surface area contributed by atoms with Gasteiger partial charge in [-0.05, 0) is 100 Å². The first-order valence-corrected chi connectivity index (χ1v) is 19.4. The standard InChI is InChI=1S/C40H44F3N2O3P.2C2H6/c1-8-13-30-20-36(28(10-3)24-49-37(12-5)29-17-15-27(23-44)16-18-29)48-38-33(21-31(22-34(30)38)40(41,42)43)26(7)45-35(19-14-25(6)9-2)32(11-4)39(46)47;2*1-2/h10-11,13-22,24,26,37,45H,8-9,12H2,1-7H3,(H,46,47);2*1-2H3/b25-14+,28-10+,30-13-,32-11-,35-19+;;/t26?,37-;;/m1../s1. The summed E-state index contributed by atoms with van der Waals surface area (Å²) in [7, 11) is 0.988. The third-order valence-corrected chi connectivity index (χ3v) is 9.67. The van der Waals surface area contributed by atoms with Crippen molar-refractivity contribution in [2.75, 3.05) is 0 Å². The molecule has 2 N–H and O–H groups in total. The molecule has 0 bridgehead atoms. The highest BCUT2D eigenvalue weighted by molar-refractivity contribution is 7.39. The lowest BCUT2D eigenvalue weighted by molar-refractivity contribution is -0.137. The fourth-order valence-corrected chi connectivity index (χ4v) is 6.45. The van der Waals surface area contributed by atoms with E-state index in [0.29, 0.717) is 28.9 Å². The van der Waals surface area contributed by atoms with Crippen LogP contribution < -0.4 is 10.1 Å². The number of halogens is 3. The van der Waals surface area contributed by atoms with Crippen molar-refractivity contribution in [2.24, 2.45) is 0 Å². The van der Waals surface area contributed by atoms with E-state index in [0.717, 1.165) is 49.9 Å². The lowest BCUT2D eigenvalue weighted by Gasteiger charge is -2.28. The molecule has 0 amide bonds. The number of carboxylic acids is 1. The van der Waals surface area contributed by atoms with E-state index in [4.69, 9.17) is 4.74 Å². The fourth-order valence-electron chi connectivity index (χ4n) is 5.28. The maximum Gasteiger partial charge on any atom is 0.416 e. The van der Waals surface area contributed by atoms with Gasteiger partial charge in [0.2, 0.25) is 0 Å². The van der Waals surface area contributed by atoms with E-state index < -0.39 is 23.8 Å². The predicted octanol–water partition coefficient (Wildman–Crippen LogP) is 13.5. The number of hydrogen-bond acceptors (Lipinski definition) is 4. The first-order valence-electron chi connectivity index (χ1n) is 18.4. The van der Waals surface area contributed by atoms with Crippen LogP contribution in [0.25, 0.3) is 5.57 Å². The zero-order valence-electron chi connectivity index (χ0n) is 33.1. The van der Waals surface area contributed by atoms with E-state index in [1.165, 1.54) is 6.08 Å². The second kappa shape index (κ2) is 23.1. The lowest BCUT2D eigenvalue weighted by atomic mass is 9.91. The second-order valence-corrected chi connectivity index (χ2v) is 12.8. The molecule has 2 aromatic rings. The highest BCUT2D eigenvalue weighted by Crippen LogP contribution is 2.45. The smallest absolute Gasteiger partial charge is 0.416 e. The Kier molecular flexibility index (Phi) is 20.3. The second-order valence-electron chi connectivity index (χ2n) is 11.6. The van der Waals surface area contributed by atoms with Crippen molar-refractivity contribution >= 4 is 25.5 Å². The zero-order chi connectivity index (χ0) is 40.3. The van der Waals surface area contributed by atoms with Crippen LogP contribution in [0, 0.1) is 11.3 Å². The Labute approximate surface area is 317 Å². The number of alkyl halides is 3. The summed E-state index contributed by atoms with van der Waals surface area (Å²) in [6, 6.07) is 11.1. The van der Waals surface area contributed by atoms with Gasteiger partial charge in [0.1, 0.15) is 11.5 Å². The number of benzene rings is 2. The van der Waals surface area contributed by atoms with Crippen LogP contribution in [0.2, 0.25) is 0 Å². The summed E-state index contributed by atoms with van der Waals surface area (Å²) in [6.45, 7) is 21.1. The van der Waals surface area contributed by atoms with Crippen LogP contribution in [0.1, 0.15) is 135 Å². The van der Waals surface area contributed by atoms with Crippen molar-refractivity contribution < 1.29 is 27.8 Å². The molecule has 0 saturated carbocycles. The van der Waals surface area contributed by atoms with Gasteiger partial charge in [0, 0.05) is 28.1 Å². The molecule has 0 aromatic heterocycles. The monoisotopic (exact) mass is 748 g/mol. The molecule has 1 aliphatic heterocycles. The molecule has 9 heteroatoms. The third kappa shape index (κ3) is 13.1. The molecule has 0 spiro atoms.